The van der Waals surface area contributed by atoms with Crippen molar-refractivity contribution >= 4 is 5.91 Å². The molecule has 0 saturated carbocycles. The lowest BCUT2D eigenvalue weighted by Gasteiger charge is -2.27. The van der Waals surface area contributed by atoms with Crippen molar-refractivity contribution in [3.05, 3.63) is 29.8 Å². The summed E-state index contributed by atoms with van der Waals surface area (Å²) < 4.78 is 28.4. The molecule has 0 radical (unpaired) electrons. The number of rotatable bonds is 5. The van der Waals surface area contributed by atoms with Crippen molar-refractivity contribution in [3.8, 4) is 5.75 Å². The van der Waals surface area contributed by atoms with E-state index in [0.717, 1.165) is 12.0 Å². The molecule has 0 aromatic heterocycles. The van der Waals surface area contributed by atoms with Crippen LogP contribution in [0.2, 0.25) is 0 Å². The van der Waals surface area contributed by atoms with Crippen LogP contribution in [-0.4, -0.2) is 25.1 Å². The summed E-state index contributed by atoms with van der Waals surface area (Å²) in [5.74, 6) is 0.241. The first-order valence-electron chi connectivity index (χ1n) is 6.62. The van der Waals surface area contributed by atoms with Gasteiger partial charge in [-0.2, -0.15) is 8.78 Å². The second-order valence-electron chi connectivity index (χ2n) is 4.88. The van der Waals surface area contributed by atoms with Crippen molar-refractivity contribution in [1.29, 1.82) is 0 Å². The summed E-state index contributed by atoms with van der Waals surface area (Å²) >= 11 is 0. The molecule has 2 atom stereocenters. The van der Waals surface area contributed by atoms with Crippen molar-refractivity contribution < 1.29 is 18.3 Å². The smallest absolute Gasteiger partial charge is 0.387 e. The van der Waals surface area contributed by atoms with E-state index in [2.05, 4.69) is 15.4 Å². The minimum absolute atomic E-state index is 0.0793. The van der Waals surface area contributed by atoms with Crippen LogP contribution < -0.4 is 15.4 Å². The number of alkyl halides is 2. The van der Waals surface area contributed by atoms with E-state index in [4.69, 9.17) is 0 Å². The molecule has 1 aliphatic rings. The van der Waals surface area contributed by atoms with Gasteiger partial charge >= 0.3 is 6.61 Å². The van der Waals surface area contributed by atoms with Crippen LogP contribution >= 0.6 is 0 Å². The Morgan fingerprint density at radius 1 is 1.35 bits per heavy atom. The Hall–Kier alpha value is -1.69. The van der Waals surface area contributed by atoms with Crippen LogP contribution in [0.3, 0.4) is 0 Å². The minimum Gasteiger partial charge on any atom is -0.435 e. The van der Waals surface area contributed by atoms with Crippen LogP contribution in [0.25, 0.3) is 0 Å². The Kier molecular flexibility index (Phi) is 4.89. The molecule has 0 spiro atoms. The molecule has 2 rings (SSSR count). The molecule has 0 bridgehead atoms. The summed E-state index contributed by atoms with van der Waals surface area (Å²) in [5, 5.41) is 6.23. The highest BCUT2D eigenvalue weighted by atomic mass is 19.3. The van der Waals surface area contributed by atoms with Crippen molar-refractivity contribution in [1.82, 2.24) is 10.6 Å². The Morgan fingerprint density at radius 3 is 2.60 bits per heavy atom. The lowest BCUT2D eigenvalue weighted by molar-refractivity contribution is -0.122. The Morgan fingerprint density at radius 2 is 2.05 bits per heavy atom. The monoisotopic (exact) mass is 284 g/mol. The number of piperidine rings is 1. The van der Waals surface area contributed by atoms with E-state index in [-0.39, 0.29) is 23.7 Å². The summed E-state index contributed by atoms with van der Waals surface area (Å²) in [6.07, 6.45) is 1.34. The lowest BCUT2D eigenvalue weighted by Crippen LogP contribution is -2.46. The molecule has 110 valence electrons. The zero-order chi connectivity index (χ0) is 14.5. The highest BCUT2D eigenvalue weighted by Gasteiger charge is 2.19. The number of amides is 1. The maximum atomic E-state index is 12.1. The molecule has 1 fully saturated rings. The van der Waals surface area contributed by atoms with Gasteiger partial charge in [0.05, 0.1) is 0 Å². The summed E-state index contributed by atoms with van der Waals surface area (Å²) in [6, 6.07) is 6.90. The molecule has 1 aromatic carbocycles. The number of carbonyl (C=O) groups excluding carboxylic acids is 1. The number of ether oxygens (including phenoxy) is 1. The molecule has 1 saturated heterocycles. The molecule has 2 N–H and O–H groups in total. The Bertz CT molecular complexity index is 441. The van der Waals surface area contributed by atoms with Crippen LogP contribution in [0.5, 0.6) is 5.75 Å². The van der Waals surface area contributed by atoms with Crippen LogP contribution in [0.4, 0.5) is 8.78 Å². The normalized spacial score (nSPS) is 20.6. The molecular weight excluding hydrogens is 266 g/mol. The van der Waals surface area contributed by atoms with E-state index in [1.807, 2.05) is 6.92 Å². The van der Waals surface area contributed by atoms with Crippen LogP contribution in [-0.2, 0) is 4.79 Å². The Balaban J connectivity index is 1.88. The molecule has 1 heterocycles. The number of nitrogens with one attached hydrogen (secondary N) is 2. The average molecular weight is 284 g/mol. The highest BCUT2D eigenvalue weighted by molar-refractivity contribution is 5.76. The first kappa shape index (κ1) is 14.7. The second-order valence-corrected chi connectivity index (χ2v) is 4.88. The summed E-state index contributed by atoms with van der Waals surface area (Å²) in [6.45, 7) is -0.183. The molecule has 6 heteroatoms. The Labute approximate surface area is 116 Å². The third-order valence-electron chi connectivity index (χ3n) is 3.36. The van der Waals surface area contributed by atoms with E-state index in [9.17, 15) is 13.6 Å². The molecule has 0 aliphatic carbocycles. The standard InChI is InChI=1S/C14H18F2N2O2/c1-9(18-11-4-7-13(19)17-8-11)10-2-5-12(6-3-10)20-14(15)16/h2-3,5-6,9,11,14,18H,4,7-8H2,1H3,(H,17,19). The highest BCUT2D eigenvalue weighted by Crippen LogP contribution is 2.20. The number of benzene rings is 1. The van der Waals surface area contributed by atoms with Crippen molar-refractivity contribution in [2.24, 2.45) is 0 Å². The molecule has 1 aromatic rings. The summed E-state index contributed by atoms with van der Waals surface area (Å²) in [7, 11) is 0. The van der Waals surface area contributed by atoms with Crippen molar-refractivity contribution in [2.45, 2.75) is 38.5 Å². The van der Waals surface area contributed by atoms with Gasteiger partial charge in [-0.25, -0.2) is 0 Å². The molecule has 4 nitrogen and oxygen atoms in total. The maximum Gasteiger partial charge on any atom is 0.387 e. The van der Waals surface area contributed by atoms with Gasteiger partial charge in [0.2, 0.25) is 5.91 Å². The van der Waals surface area contributed by atoms with Gasteiger partial charge in [0.25, 0.3) is 0 Å². The van der Waals surface area contributed by atoms with Gasteiger partial charge in [-0.05, 0) is 31.0 Å². The van der Waals surface area contributed by atoms with E-state index < -0.39 is 6.61 Å². The maximum absolute atomic E-state index is 12.1. The van der Waals surface area contributed by atoms with E-state index in [0.29, 0.717) is 13.0 Å². The van der Waals surface area contributed by atoms with Gasteiger partial charge < -0.3 is 15.4 Å². The fourth-order valence-corrected chi connectivity index (χ4v) is 2.26. The first-order valence-corrected chi connectivity index (χ1v) is 6.62. The van der Waals surface area contributed by atoms with E-state index >= 15 is 0 Å². The van der Waals surface area contributed by atoms with Crippen molar-refractivity contribution in [2.75, 3.05) is 6.54 Å². The predicted octanol–water partition coefficient (Wildman–Crippen LogP) is 2.22. The quantitative estimate of drug-likeness (QED) is 0.871. The van der Waals surface area contributed by atoms with Crippen LogP contribution in [0, 0.1) is 0 Å². The van der Waals surface area contributed by atoms with Gasteiger partial charge in [-0.3, -0.25) is 4.79 Å². The first-order chi connectivity index (χ1) is 9.54. The largest absolute Gasteiger partial charge is 0.435 e. The molecule has 2 unspecified atom stereocenters. The van der Waals surface area contributed by atoms with Gasteiger partial charge in [0.15, 0.2) is 0 Å². The fraction of sp³-hybridized carbons (Fsp3) is 0.500. The number of halogens is 2. The SMILES string of the molecule is CC(NC1CCC(=O)NC1)c1ccc(OC(F)F)cc1. The molecule has 20 heavy (non-hydrogen) atoms. The number of hydrogen-bond acceptors (Lipinski definition) is 3. The van der Waals surface area contributed by atoms with E-state index in [1.165, 1.54) is 12.1 Å². The summed E-state index contributed by atoms with van der Waals surface area (Å²) in [5.41, 5.74) is 0.989. The lowest BCUT2D eigenvalue weighted by atomic mass is 10.0. The zero-order valence-corrected chi connectivity index (χ0v) is 11.2. The molecule has 1 amide bonds. The van der Waals surface area contributed by atoms with E-state index in [1.54, 1.807) is 12.1 Å². The third-order valence-corrected chi connectivity index (χ3v) is 3.36. The zero-order valence-electron chi connectivity index (χ0n) is 11.2. The topological polar surface area (TPSA) is 50.4 Å². The van der Waals surface area contributed by atoms with Gasteiger partial charge in [0.1, 0.15) is 5.75 Å². The van der Waals surface area contributed by atoms with Crippen LogP contribution in [0.1, 0.15) is 31.4 Å². The molecular formula is C14H18F2N2O2. The van der Waals surface area contributed by atoms with Crippen LogP contribution in [0.15, 0.2) is 24.3 Å². The molecule has 1 aliphatic heterocycles. The fourth-order valence-electron chi connectivity index (χ4n) is 2.26. The van der Waals surface area contributed by atoms with Crippen molar-refractivity contribution in [3.63, 3.8) is 0 Å². The second kappa shape index (κ2) is 6.65. The van der Waals surface area contributed by atoms with Gasteiger partial charge in [-0.15, -0.1) is 0 Å². The van der Waals surface area contributed by atoms with Gasteiger partial charge in [0, 0.05) is 25.0 Å². The predicted molar refractivity (Wildman–Crippen MR) is 70.7 cm³/mol. The summed E-state index contributed by atoms with van der Waals surface area (Å²) in [4.78, 5) is 11.1. The minimum atomic E-state index is -2.80. The van der Waals surface area contributed by atoms with Gasteiger partial charge in [-0.1, -0.05) is 12.1 Å². The average Bonchev–Trinajstić information content (AvgIpc) is 2.41. The number of carbonyl (C=O) groups is 1. The third kappa shape index (κ3) is 4.16. The number of hydrogen-bond donors (Lipinski definition) is 2.